The van der Waals surface area contributed by atoms with Gasteiger partial charge in [0, 0.05) is 6.54 Å². The zero-order valence-corrected chi connectivity index (χ0v) is 10.5. The highest BCUT2D eigenvalue weighted by atomic mass is 16.1. The highest BCUT2D eigenvalue weighted by Gasteiger charge is 2.02. The third-order valence-corrected chi connectivity index (χ3v) is 2.71. The summed E-state index contributed by atoms with van der Waals surface area (Å²) in [5, 5.41) is 10.8. The Morgan fingerprint density at radius 3 is 2.53 bits per heavy atom. The molecule has 0 radical (unpaired) electrons. The van der Waals surface area contributed by atoms with Crippen LogP contribution in [0.25, 0.3) is 0 Å². The Bertz CT molecular complexity index is 525. The summed E-state index contributed by atoms with van der Waals surface area (Å²) in [6.45, 7) is 0.805. The molecule has 2 aromatic rings. The van der Waals surface area contributed by atoms with Gasteiger partial charge in [-0.25, -0.2) is 0 Å². The fourth-order valence-electron chi connectivity index (χ4n) is 1.71. The number of nitrogens with one attached hydrogen (secondary N) is 1. The first-order valence-corrected chi connectivity index (χ1v) is 6.17. The lowest BCUT2D eigenvalue weighted by atomic mass is 10.1. The van der Waals surface area contributed by atoms with Crippen molar-refractivity contribution in [1.82, 2.24) is 10.2 Å². The van der Waals surface area contributed by atoms with E-state index in [9.17, 15) is 4.79 Å². The van der Waals surface area contributed by atoms with Gasteiger partial charge in [0.05, 0.1) is 0 Å². The van der Waals surface area contributed by atoms with Crippen LogP contribution in [0, 0.1) is 0 Å². The number of rotatable bonds is 6. The van der Waals surface area contributed by atoms with E-state index in [1.807, 2.05) is 18.2 Å². The Kier molecular flexibility index (Phi) is 4.44. The minimum Gasteiger partial charge on any atom is -0.369 e. The number of benzene rings is 1. The molecule has 1 amide bonds. The molecule has 19 heavy (non-hydrogen) atoms. The molecule has 0 atom stereocenters. The Balaban J connectivity index is 1.75. The number of nitrogens with zero attached hydrogens (tertiary/aromatic N) is 2. The molecular weight excluding hydrogens is 240 g/mol. The van der Waals surface area contributed by atoms with Crippen LogP contribution in [0.3, 0.4) is 0 Å². The number of primary amides is 1. The Morgan fingerprint density at radius 1 is 1.11 bits per heavy atom. The van der Waals surface area contributed by atoms with Crippen LogP contribution in [0.5, 0.6) is 0 Å². The van der Waals surface area contributed by atoms with Crippen molar-refractivity contribution in [3.8, 4) is 0 Å². The third-order valence-electron chi connectivity index (χ3n) is 2.71. The predicted molar refractivity (Wildman–Crippen MR) is 73.8 cm³/mol. The van der Waals surface area contributed by atoms with Crippen molar-refractivity contribution in [1.29, 1.82) is 0 Å². The van der Waals surface area contributed by atoms with Gasteiger partial charge >= 0.3 is 0 Å². The van der Waals surface area contributed by atoms with Crippen LogP contribution in [-0.4, -0.2) is 22.6 Å². The second kappa shape index (κ2) is 6.49. The average Bonchev–Trinajstić information content (AvgIpc) is 2.45. The minimum absolute atomic E-state index is 0.176. The molecule has 5 nitrogen and oxygen atoms in total. The average molecular weight is 256 g/mol. The summed E-state index contributed by atoms with van der Waals surface area (Å²) < 4.78 is 0. The van der Waals surface area contributed by atoms with E-state index in [1.165, 1.54) is 5.56 Å². The molecule has 0 spiro atoms. The Labute approximate surface area is 111 Å². The first kappa shape index (κ1) is 13.0. The van der Waals surface area contributed by atoms with Crippen LogP contribution >= 0.6 is 0 Å². The predicted octanol–water partition coefficient (Wildman–Crippen LogP) is 1.62. The molecule has 2 rings (SSSR count). The van der Waals surface area contributed by atoms with Crippen molar-refractivity contribution in [2.24, 2.45) is 5.73 Å². The lowest BCUT2D eigenvalue weighted by Gasteiger charge is -2.05. The number of amides is 1. The largest absolute Gasteiger partial charge is 0.369 e. The number of carbonyl (C=O) groups excluding carboxylic acids is 1. The van der Waals surface area contributed by atoms with Gasteiger partial charge in [-0.15, -0.1) is 10.2 Å². The van der Waals surface area contributed by atoms with Gasteiger partial charge in [0.2, 0.25) is 0 Å². The van der Waals surface area contributed by atoms with Crippen molar-refractivity contribution in [2.45, 2.75) is 12.8 Å². The van der Waals surface area contributed by atoms with Crippen molar-refractivity contribution in [3.63, 3.8) is 0 Å². The van der Waals surface area contributed by atoms with Gasteiger partial charge in [0.1, 0.15) is 5.82 Å². The van der Waals surface area contributed by atoms with Gasteiger partial charge in [-0.3, -0.25) is 4.79 Å². The molecule has 0 aliphatic carbocycles. The Hall–Kier alpha value is -2.43. The van der Waals surface area contributed by atoms with Gasteiger partial charge in [-0.05, 0) is 30.5 Å². The molecule has 0 fully saturated rings. The van der Waals surface area contributed by atoms with E-state index in [-0.39, 0.29) is 5.69 Å². The summed E-state index contributed by atoms with van der Waals surface area (Å²) in [7, 11) is 0. The fraction of sp³-hybridized carbons (Fsp3) is 0.214. The van der Waals surface area contributed by atoms with Crippen molar-refractivity contribution < 1.29 is 4.79 Å². The molecule has 5 heteroatoms. The SMILES string of the molecule is NC(=O)c1ccc(NCCCc2ccccc2)nn1. The minimum atomic E-state index is -0.567. The zero-order chi connectivity index (χ0) is 13.5. The first-order chi connectivity index (χ1) is 9.25. The van der Waals surface area contributed by atoms with E-state index in [0.717, 1.165) is 19.4 Å². The van der Waals surface area contributed by atoms with E-state index >= 15 is 0 Å². The number of carbonyl (C=O) groups is 1. The van der Waals surface area contributed by atoms with E-state index in [0.29, 0.717) is 5.82 Å². The summed E-state index contributed by atoms with van der Waals surface area (Å²) in [6.07, 6.45) is 2.02. The number of aryl methyl sites for hydroxylation is 1. The Morgan fingerprint density at radius 2 is 1.89 bits per heavy atom. The number of hydrogen-bond donors (Lipinski definition) is 2. The lowest BCUT2D eigenvalue weighted by Crippen LogP contribution is -2.14. The van der Waals surface area contributed by atoms with Crippen LogP contribution in [0.4, 0.5) is 5.82 Å². The molecular formula is C14H16N4O. The normalized spacial score (nSPS) is 10.1. The van der Waals surface area contributed by atoms with Crippen LogP contribution < -0.4 is 11.1 Å². The number of nitrogens with two attached hydrogens (primary N) is 1. The topological polar surface area (TPSA) is 80.9 Å². The quantitative estimate of drug-likeness (QED) is 0.769. The van der Waals surface area contributed by atoms with Gasteiger partial charge in [0.25, 0.3) is 5.91 Å². The summed E-state index contributed by atoms with van der Waals surface area (Å²) in [5.41, 5.74) is 6.58. The molecule has 0 saturated heterocycles. The van der Waals surface area contributed by atoms with Crippen molar-refractivity contribution in [2.75, 3.05) is 11.9 Å². The molecule has 0 aliphatic heterocycles. The third kappa shape index (κ3) is 4.06. The number of anilines is 1. The maximum atomic E-state index is 10.8. The highest BCUT2D eigenvalue weighted by molar-refractivity contribution is 5.90. The van der Waals surface area contributed by atoms with E-state index in [1.54, 1.807) is 12.1 Å². The second-order valence-electron chi connectivity index (χ2n) is 4.18. The van der Waals surface area contributed by atoms with E-state index in [4.69, 9.17) is 5.73 Å². The van der Waals surface area contributed by atoms with Gasteiger partial charge in [-0.2, -0.15) is 0 Å². The lowest BCUT2D eigenvalue weighted by molar-refractivity contribution is 0.0994. The number of hydrogen-bond acceptors (Lipinski definition) is 4. The molecule has 0 aliphatic rings. The van der Waals surface area contributed by atoms with Gasteiger partial charge in [-0.1, -0.05) is 30.3 Å². The first-order valence-electron chi connectivity index (χ1n) is 6.17. The van der Waals surface area contributed by atoms with E-state index < -0.39 is 5.91 Å². The molecule has 3 N–H and O–H groups in total. The summed E-state index contributed by atoms with van der Waals surface area (Å²) in [5.74, 6) is 0.0844. The standard InChI is InChI=1S/C14H16N4O/c15-14(19)12-8-9-13(18-17-12)16-10-4-7-11-5-2-1-3-6-11/h1-3,5-6,8-9H,4,7,10H2,(H2,15,19)(H,16,18). The number of aromatic nitrogens is 2. The van der Waals surface area contributed by atoms with Gasteiger partial charge in [0.15, 0.2) is 5.69 Å². The molecule has 1 aromatic carbocycles. The maximum Gasteiger partial charge on any atom is 0.269 e. The molecule has 0 unspecified atom stereocenters. The summed E-state index contributed by atoms with van der Waals surface area (Å²) in [4.78, 5) is 10.8. The maximum absolute atomic E-state index is 10.8. The molecule has 0 saturated carbocycles. The van der Waals surface area contributed by atoms with Crippen molar-refractivity contribution in [3.05, 3.63) is 53.7 Å². The fourth-order valence-corrected chi connectivity index (χ4v) is 1.71. The molecule has 0 bridgehead atoms. The monoisotopic (exact) mass is 256 g/mol. The highest BCUT2D eigenvalue weighted by Crippen LogP contribution is 2.04. The zero-order valence-electron chi connectivity index (χ0n) is 10.5. The summed E-state index contributed by atoms with van der Waals surface area (Å²) in [6, 6.07) is 13.6. The smallest absolute Gasteiger partial charge is 0.269 e. The molecule has 1 aromatic heterocycles. The van der Waals surface area contributed by atoms with Crippen molar-refractivity contribution >= 4 is 11.7 Å². The van der Waals surface area contributed by atoms with Crippen LogP contribution in [0.1, 0.15) is 22.5 Å². The second-order valence-corrected chi connectivity index (χ2v) is 4.18. The van der Waals surface area contributed by atoms with Crippen LogP contribution in [0.2, 0.25) is 0 Å². The summed E-state index contributed by atoms with van der Waals surface area (Å²) >= 11 is 0. The molecule has 1 heterocycles. The van der Waals surface area contributed by atoms with Crippen LogP contribution in [0.15, 0.2) is 42.5 Å². The van der Waals surface area contributed by atoms with E-state index in [2.05, 4.69) is 27.6 Å². The van der Waals surface area contributed by atoms with Crippen LogP contribution in [-0.2, 0) is 6.42 Å². The van der Waals surface area contributed by atoms with Gasteiger partial charge < -0.3 is 11.1 Å². The molecule has 98 valence electrons.